The Morgan fingerprint density at radius 1 is 1.31 bits per heavy atom. The van der Waals surface area contributed by atoms with Gasteiger partial charge in [-0.05, 0) is 60.8 Å². The summed E-state index contributed by atoms with van der Waals surface area (Å²) in [5.74, 6) is -0.0745. The Bertz CT molecular complexity index is 370. The summed E-state index contributed by atoms with van der Waals surface area (Å²) in [4.78, 5) is 0. The number of hydrogen-bond donors (Lipinski definition) is 0. The summed E-state index contributed by atoms with van der Waals surface area (Å²) >= 11 is 0. The lowest BCUT2D eigenvalue weighted by Crippen LogP contribution is -2.30. The summed E-state index contributed by atoms with van der Waals surface area (Å²) in [5, 5.41) is 0. The molecule has 1 aromatic carbocycles. The monoisotopic (exact) mass is 220 g/mol. The summed E-state index contributed by atoms with van der Waals surface area (Å²) in [5.41, 5.74) is 2.93. The summed E-state index contributed by atoms with van der Waals surface area (Å²) < 4.78 is 13.4. The van der Waals surface area contributed by atoms with Crippen molar-refractivity contribution in [3.05, 3.63) is 35.1 Å². The lowest BCUT2D eigenvalue weighted by atomic mass is 9.66. The molecule has 0 heterocycles. The van der Waals surface area contributed by atoms with Crippen LogP contribution in [0.15, 0.2) is 18.2 Å². The van der Waals surface area contributed by atoms with Crippen LogP contribution in [-0.2, 0) is 11.8 Å². The van der Waals surface area contributed by atoms with Crippen LogP contribution in [0.25, 0.3) is 0 Å². The topological polar surface area (TPSA) is 0 Å². The molecule has 1 heteroatoms. The number of benzene rings is 1. The van der Waals surface area contributed by atoms with E-state index >= 15 is 0 Å². The third-order valence-electron chi connectivity index (χ3n) is 4.15. The number of fused-ring (bicyclic) bond motifs is 1. The third-order valence-corrected chi connectivity index (χ3v) is 4.15. The Labute approximate surface area is 97.9 Å². The summed E-state index contributed by atoms with van der Waals surface area (Å²) in [6, 6.07) is 5.38. The van der Waals surface area contributed by atoms with E-state index in [4.69, 9.17) is 0 Å². The van der Waals surface area contributed by atoms with Gasteiger partial charge in [0, 0.05) is 0 Å². The van der Waals surface area contributed by atoms with E-state index in [0.29, 0.717) is 0 Å². The second-order valence-electron chi connectivity index (χ2n) is 5.04. The van der Waals surface area contributed by atoms with Gasteiger partial charge >= 0.3 is 0 Å². The largest absolute Gasteiger partial charge is 0.207 e. The molecule has 16 heavy (non-hydrogen) atoms. The van der Waals surface area contributed by atoms with Gasteiger partial charge in [-0.2, -0.15) is 0 Å². The highest BCUT2D eigenvalue weighted by Gasteiger charge is 2.34. The molecule has 2 rings (SSSR count). The lowest BCUT2D eigenvalue weighted by molar-refractivity contribution is 0.318. The van der Waals surface area contributed by atoms with Gasteiger partial charge in [0.1, 0.15) is 5.82 Å². The molecule has 0 N–H and O–H groups in total. The first-order valence-corrected chi connectivity index (χ1v) is 6.51. The van der Waals surface area contributed by atoms with Crippen molar-refractivity contribution in [2.45, 2.75) is 57.8 Å². The van der Waals surface area contributed by atoms with Crippen molar-refractivity contribution in [3.63, 3.8) is 0 Å². The molecule has 0 nitrogen and oxygen atoms in total. The molecule has 0 fully saturated rings. The van der Waals surface area contributed by atoms with Crippen LogP contribution >= 0.6 is 0 Å². The number of halogens is 1. The molecular formula is C15H21F. The molecule has 0 amide bonds. The Morgan fingerprint density at radius 2 is 2.12 bits per heavy atom. The number of aryl methyl sites for hydroxylation is 1. The second kappa shape index (κ2) is 4.57. The van der Waals surface area contributed by atoms with Gasteiger partial charge in [0.05, 0.1) is 0 Å². The molecule has 0 spiro atoms. The van der Waals surface area contributed by atoms with Gasteiger partial charge in [-0.25, -0.2) is 4.39 Å². The van der Waals surface area contributed by atoms with E-state index in [1.807, 2.05) is 6.07 Å². The van der Waals surface area contributed by atoms with Crippen LogP contribution in [0, 0.1) is 5.82 Å². The predicted octanol–water partition coefficient (Wildman–Crippen LogP) is 4.61. The summed E-state index contributed by atoms with van der Waals surface area (Å²) in [7, 11) is 0. The lowest BCUT2D eigenvalue weighted by Gasteiger charge is -2.38. The van der Waals surface area contributed by atoms with Crippen LogP contribution in [0.4, 0.5) is 4.39 Å². The van der Waals surface area contributed by atoms with Crippen LogP contribution in [0.3, 0.4) is 0 Å². The fourth-order valence-corrected chi connectivity index (χ4v) is 3.29. The molecule has 0 radical (unpaired) electrons. The van der Waals surface area contributed by atoms with Crippen molar-refractivity contribution in [2.75, 3.05) is 0 Å². The van der Waals surface area contributed by atoms with Crippen molar-refractivity contribution in [1.82, 2.24) is 0 Å². The van der Waals surface area contributed by atoms with Crippen molar-refractivity contribution < 1.29 is 4.39 Å². The van der Waals surface area contributed by atoms with Crippen molar-refractivity contribution in [1.29, 1.82) is 0 Å². The van der Waals surface area contributed by atoms with Crippen LogP contribution in [0.1, 0.15) is 57.1 Å². The molecule has 0 saturated heterocycles. The van der Waals surface area contributed by atoms with Gasteiger partial charge < -0.3 is 0 Å². The molecule has 1 aliphatic carbocycles. The van der Waals surface area contributed by atoms with Gasteiger partial charge in [-0.1, -0.05) is 26.3 Å². The predicted molar refractivity (Wildman–Crippen MR) is 66.2 cm³/mol. The first-order chi connectivity index (χ1) is 7.72. The zero-order valence-electron chi connectivity index (χ0n) is 10.4. The maximum absolute atomic E-state index is 13.4. The van der Waals surface area contributed by atoms with E-state index in [0.717, 1.165) is 12.8 Å². The summed E-state index contributed by atoms with van der Waals surface area (Å²) in [6.45, 7) is 4.47. The van der Waals surface area contributed by atoms with Gasteiger partial charge in [0.25, 0.3) is 0 Å². The van der Waals surface area contributed by atoms with E-state index in [1.165, 1.54) is 36.8 Å². The van der Waals surface area contributed by atoms with Crippen LogP contribution < -0.4 is 0 Å². The van der Waals surface area contributed by atoms with Gasteiger partial charge in [-0.3, -0.25) is 0 Å². The third kappa shape index (κ3) is 1.88. The standard InChI is InChI=1S/C15H21F/c1-3-9-15(4-2)10-5-6-12-7-8-13(16)11-14(12)15/h7-8,11H,3-6,9-10H2,1-2H3. The molecule has 1 aromatic rings. The smallest absolute Gasteiger partial charge is 0.123 e. The highest BCUT2D eigenvalue weighted by molar-refractivity contribution is 5.37. The molecule has 0 saturated carbocycles. The maximum Gasteiger partial charge on any atom is 0.123 e. The second-order valence-corrected chi connectivity index (χ2v) is 5.04. The fourth-order valence-electron chi connectivity index (χ4n) is 3.29. The molecular weight excluding hydrogens is 199 g/mol. The molecule has 1 unspecified atom stereocenters. The number of hydrogen-bond acceptors (Lipinski definition) is 0. The van der Waals surface area contributed by atoms with Crippen LogP contribution in [0.2, 0.25) is 0 Å². The SMILES string of the molecule is CCCC1(CC)CCCc2ccc(F)cc21. The van der Waals surface area contributed by atoms with Gasteiger partial charge in [0.2, 0.25) is 0 Å². The molecule has 1 atom stereocenters. The molecule has 0 aliphatic heterocycles. The molecule has 1 aliphatic rings. The maximum atomic E-state index is 13.4. The average Bonchev–Trinajstić information content (AvgIpc) is 2.30. The van der Waals surface area contributed by atoms with Crippen molar-refractivity contribution in [2.24, 2.45) is 0 Å². The van der Waals surface area contributed by atoms with E-state index in [-0.39, 0.29) is 11.2 Å². The molecule has 0 bridgehead atoms. The first kappa shape index (κ1) is 11.6. The Balaban J connectivity index is 2.47. The van der Waals surface area contributed by atoms with Crippen LogP contribution in [-0.4, -0.2) is 0 Å². The number of rotatable bonds is 3. The minimum Gasteiger partial charge on any atom is -0.207 e. The van der Waals surface area contributed by atoms with E-state index in [1.54, 1.807) is 12.1 Å². The van der Waals surface area contributed by atoms with Gasteiger partial charge in [-0.15, -0.1) is 0 Å². The highest BCUT2D eigenvalue weighted by atomic mass is 19.1. The Hall–Kier alpha value is -0.850. The van der Waals surface area contributed by atoms with Crippen molar-refractivity contribution in [3.8, 4) is 0 Å². The summed E-state index contributed by atoms with van der Waals surface area (Å²) in [6.07, 6.45) is 7.13. The zero-order chi connectivity index (χ0) is 11.6. The minimum atomic E-state index is -0.0745. The zero-order valence-corrected chi connectivity index (χ0v) is 10.4. The van der Waals surface area contributed by atoms with E-state index in [9.17, 15) is 4.39 Å². The average molecular weight is 220 g/mol. The van der Waals surface area contributed by atoms with Gasteiger partial charge in [0.15, 0.2) is 0 Å². The van der Waals surface area contributed by atoms with E-state index in [2.05, 4.69) is 13.8 Å². The quantitative estimate of drug-likeness (QED) is 0.697. The molecule has 0 aromatic heterocycles. The Morgan fingerprint density at radius 3 is 2.81 bits per heavy atom. The molecule has 88 valence electrons. The fraction of sp³-hybridized carbons (Fsp3) is 0.600. The Kier molecular flexibility index (Phi) is 3.32. The normalized spacial score (nSPS) is 24.2. The highest BCUT2D eigenvalue weighted by Crippen LogP contribution is 2.43. The minimum absolute atomic E-state index is 0.0745. The van der Waals surface area contributed by atoms with Crippen molar-refractivity contribution >= 4 is 0 Å². The van der Waals surface area contributed by atoms with E-state index < -0.39 is 0 Å². The first-order valence-electron chi connectivity index (χ1n) is 6.51. The van der Waals surface area contributed by atoms with Crippen LogP contribution in [0.5, 0.6) is 0 Å².